The predicted octanol–water partition coefficient (Wildman–Crippen LogP) is 1.06. The molecule has 3 amide bonds. The van der Waals surface area contributed by atoms with Gasteiger partial charge in [0, 0.05) is 13.1 Å². The zero-order valence-corrected chi connectivity index (χ0v) is 12.0. The fourth-order valence-corrected chi connectivity index (χ4v) is 3.54. The van der Waals surface area contributed by atoms with E-state index < -0.39 is 0 Å². The van der Waals surface area contributed by atoms with E-state index in [-0.39, 0.29) is 35.6 Å². The lowest BCUT2D eigenvalue weighted by atomic mass is 9.85. The molecule has 114 valence electrons. The fraction of sp³-hybridized carbons (Fsp3) is 0.438. The van der Waals surface area contributed by atoms with Crippen molar-refractivity contribution in [2.75, 3.05) is 13.1 Å². The van der Waals surface area contributed by atoms with E-state index in [0.717, 1.165) is 0 Å². The van der Waals surface area contributed by atoms with E-state index in [4.69, 9.17) is 4.42 Å². The SMILES string of the molecule is O=C(c1ccoc1)N1CC(N2C(=O)[C@H]3CC=CC[C@@H]3C2=O)C1. The standard InChI is InChI=1S/C16H16N2O4/c19-14(10-5-6-22-9-10)17-7-11(8-17)18-15(20)12-3-1-2-4-13(12)16(18)21/h1-2,5-6,9,11-13H,3-4,7-8H2/t12-,13-/m0/s1. The summed E-state index contributed by atoms with van der Waals surface area (Å²) in [6, 6.07) is 1.43. The number of fused-ring (bicyclic) bond motifs is 1. The Kier molecular flexibility index (Phi) is 2.92. The third-order valence-electron chi connectivity index (χ3n) is 4.82. The maximum Gasteiger partial charge on any atom is 0.257 e. The van der Waals surface area contributed by atoms with Crippen LogP contribution >= 0.6 is 0 Å². The number of hydrogen-bond donors (Lipinski definition) is 0. The van der Waals surface area contributed by atoms with Gasteiger partial charge in [0.1, 0.15) is 6.26 Å². The van der Waals surface area contributed by atoms with Gasteiger partial charge in [0.2, 0.25) is 11.8 Å². The Morgan fingerprint density at radius 1 is 1.09 bits per heavy atom. The van der Waals surface area contributed by atoms with Crippen molar-refractivity contribution in [2.45, 2.75) is 18.9 Å². The van der Waals surface area contributed by atoms with Gasteiger partial charge in [-0.15, -0.1) is 0 Å². The smallest absolute Gasteiger partial charge is 0.257 e. The molecule has 22 heavy (non-hydrogen) atoms. The summed E-state index contributed by atoms with van der Waals surface area (Å²) in [5.74, 6) is -0.657. The summed E-state index contributed by atoms with van der Waals surface area (Å²) < 4.78 is 4.91. The number of nitrogens with zero attached hydrogens (tertiary/aromatic N) is 2. The topological polar surface area (TPSA) is 70.8 Å². The first-order valence-electron chi connectivity index (χ1n) is 7.50. The number of hydrogen-bond acceptors (Lipinski definition) is 4. The molecule has 3 heterocycles. The molecule has 1 aromatic heterocycles. The molecule has 0 N–H and O–H groups in total. The van der Waals surface area contributed by atoms with Gasteiger partial charge in [-0.05, 0) is 18.9 Å². The molecule has 0 spiro atoms. The lowest BCUT2D eigenvalue weighted by Crippen LogP contribution is -2.62. The van der Waals surface area contributed by atoms with Crippen LogP contribution in [0.15, 0.2) is 35.2 Å². The normalized spacial score (nSPS) is 28.0. The van der Waals surface area contributed by atoms with Crippen LogP contribution in [0.5, 0.6) is 0 Å². The number of rotatable bonds is 2. The van der Waals surface area contributed by atoms with Gasteiger partial charge in [-0.2, -0.15) is 0 Å². The highest BCUT2D eigenvalue weighted by Crippen LogP contribution is 2.37. The van der Waals surface area contributed by atoms with E-state index in [1.54, 1.807) is 11.0 Å². The van der Waals surface area contributed by atoms with E-state index in [2.05, 4.69) is 0 Å². The van der Waals surface area contributed by atoms with Crippen LogP contribution < -0.4 is 0 Å². The molecular formula is C16H16N2O4. The second kappa shape index (κ2) is 4.83. The predicted molar refractivity (Wildman–Crippen MR) is 75.6 cm³/mol. The lowest BCUT2D eigenvalue weighted by Gasteiger charge is -2.43. The first kappa shape index (κ1) is 13.3. The minimum Gasteiger partial charge on any atom is -0.472 e. The summed E-state index contributed by atoms with van der Waals surface area (Å²) in [7, 11) is 0. The maximum absolute atomic E-state index is 12.4. The van der Waals surface area contributed by atoms with E-state index in [1.165, 1.54) is 17.4 Å². The molecule has 2 atom stereocenters. The highest BCUT2D eigenvalue weighted by Gasteiger charge is 2.52. The number of imide groups is 1. The molecule has 2 saturated heterocycles. The van der Waals surface area contributed by atoms with Crippen molar-refractivity contribution in [2.24, 2.45) is 11.8 Å². The molecule has 6 nitrogen and oxygen atoms in total. The van der Waals surface area contributed by atoms with Gasteiger partial charge in [0.05, 0.1) is 29.7 Å². The molecular weight excluding hydrogens is 284 g/mol. The Balaban J connectivity index is 1.44. The van der Waals surface area contributed by atoms with Gasteiger partial charge in [-0.1, -0.05) is 12.2 Å². The van der Waals surface area contributed by atoms with Crippen molar-refractivity contribution >= 4 is 17.7 Å². The molecule has 6 heteroatoms. The molecule has 0 bridgehead atoms. The van der Waals surface area contributed by atoms with Gasteiger partial charge >= 0.3 is 0 Å². The molecule has 1 aromatic rings. The number of furan rings is 1. The van der Waals surface area contributed by atoms with Crippen LogP contribution in [0.2, 0.25) is 0 Å². The molecule has 2 aliphatic heterocycles. The molecule has 0 radical (unpaired) electrons. The molecule has 0 saturated carbocycles. The number of carbonyl (C=O) groups is 3. The van der Waals surface area contributed by atoms with Gasteiger partial charge in [0.15, 0.2) is 0 Å². The maximum atomic E-state index is 12.4. The molecule has 3 aliphatic rings. The largest absolute Gasteiger partial charge is 0.472 e. The summed E-state index contributed by atoms with van der Waals surface area (Å²) >= 11 is 0. The zero-order valence-electron chi connectivity index (χ0n) is 12.0. The van der Waals surface area contributed by atoms with Crippen molar-refractivity contribution in [3.05, 3.63) is 36.3 Å². The van der Waals surface area contributed by atoms with Gasteiger partial charge < -0.3 is 9.32 Å². The van der Waals surface area contributed by atoms with E-state index >= 15 is 0 Å². The Morgan fingerprint density at radius 3 is 2.27 bits per heavy atom. The fourth-order valence-electron chi connectivity index (χ4n) is 3.54. The first-order valence-corrected chi connectivity index (χ1v) is 7.50. The monoisotopic (exact) mass is 300 g/mol. The Hall–Kier alpha value is -2.37. The van der Waals surface area contributed by atoms with Crippen LogP contribution in [0.3, 0.4) is 0 Å². The molecule has 1 aliphatic carbocycles. The van der Waals surface area contributed by atoms with Gasteiger partial charge in [0.25, 0.3) is 5.91 Å². The molecule has 0 unspecified atom stereocenters. The summed E-state index contributed by atoms with van der Waals surface area (Å²) in [4.78, 5) is 40.1. The average Bonchev–Trinajstić information content (AvgIpc) is 3.09. The van der Waals surface area contributed by atoms with E-state index in [0.29, 0.717) is 31.5 Å². The summed E-state index contributed by atoms with van der Waals surface area (Å²) in [6.07, 6.45) is 8.11. The van der Waals surface area contributed by atoms with Gasteiger partial charge in [-0.3, -0.25) is 19.3 Å². The number of carbonyl (C=O) groups excluding carboxylic acids is 3. The Morgan fingerprint density at radius 2 is 1.73 bits per heavy atom. The van der Waals surface area contributed by atoms with Crippen molar-refractivity contribution in [3.63, 3.8) is 0 Å². The van der Waals surface area contributed by atoms with Crippen LogP contribution in [-0.4, -0.2) is 46.7 Å². The summed E-state index contributed by atoms with van der Waals surface area (Å²) in [6.45, 7) is 0.822. The van der Waals surface area contributed by atoms with E-state index in [9.17, 15) is 14.4 Å². The minimum atomic E-state index is -0.198. The number of allylic oxidation sites excluding steroid dienone is 2. The quantitative estimate of drug-likeness (QED) is 0.605. The van der Waals surface area contributed by atoms with E-state index in [1.807, 2.05) is 12.2 Å². The van der Waals surface area contributed by atoms with Crippen LogP contribution in [0.1, 0.15) is 23.2 Å². The molecule has 0 aromatic carbocycles. The highest BCUT2D eigenvalue weighted by molar-refractivity contribution is 6.06. The minimum absolute atomic E-state index is 0.0697. The van der Waals surface area contributed by atoms with Crippen molar-refractivity contribution in [1.82, 2.24) is 9.80 Å². The summed E-state index contributed by atoms with van der Waals surface area (Å²) in [5.41, 5.74) is 0.496. The van der Waals surface area contributed by atoms with Crippen LogP contribution in [0.25, 0.3) is 0 Å². The van der Waals surface area contributed by atoms with Crippen LogP contribution in [-0.2, 0) is 9.59 Å². The highest BCUT2D eigenvalue weighted by atomic mass is 16.3. The third kappa shape index (κ3) is 1.83. The second-order valence-electron chi connectivity index (χ2n) is 6.08. The number of likely N-dealkylation sites (tertiary alicyclic amines) is 2. The zero-order chi connectivity index (χ0) is 15.3. The third-order valence-corrected chi connectivity index (χ3v) is 4.82. The van der Waals surface area contributed by atoms with Crippen molar-refractivity contribution in [1.29, 1.82) is 0 Å². The molecule has 4 rings (SSSR count). The van der Waals surface area contributed by atoms with Crippen molar-refractivity contribution in [3.8, 4) is 0 Å². The lowest BCUT2D eigenvalue weighted by molar-refractivity contribution is -0.145. The Labute approximate surface area is 127 Å². The van der Waals surface area contributed by atoms with Crippen molar-refractivity contribution < 1.29 is 18.8 Å². The first-order chi connectivity index (χ1) is 10.7. The second-order valence-corrected chi connectivity index (χ2v) is 6.08. The summed E-state index contributed by atoms with van der Waals surface area (Å²) in [5, 5.41) is 0. The van der Waals surface area contributed by atoms with Gasteiger partial charge in [-0.25, -0.2) is 0 Å². The van der Waals surface area contributed by atoms with Crippen LogP contribution in [0.4, 0.5) is 0 Å². The molecule has 2 fully saturated rings. The number of amides is 3. The average molecular weight is 300 g/mol. The Bertz CT molecular complexity index is 632. The van der Waals surface area contributed by atoms with Crippen LogP contribution in [0, 0.1) is 11.8 Å².